The van der Waals surface area contributed by atoms with Gasteiger partial charge in [0.2, 0.25) is 5.95 Å². The van der Waals surface area contributed by atoms with Gasteiger partial charge in [0, 0.05) is 31.1 Å². The van der Waals surface area contributed by atoms with Crippen LogP contribution in [0, 0.1) is 0 Å². The highest BCUT2D eigenvalue weighted by molar-refractivity contribution is 5.75. The first-order chi connectivity index (χ1) is 14.0. The molecular formula is C20H21FN8. The van der Waals surface area contributed by atoms with Gasteiger partial charge >= 0.3 is 0 Å². The van der Waals surface area contributed by atoms with Gasteiger partial charge in [0.15, 0.2) is 0 Å². The largest absolute Gasteiger partial charge is 0.383 e. The summed E-state index contributed by atoms with van der Waals surface area (Å²) in [6, 6.07) is 7.71. The zero-order valence-corrected chi connectivity index (χ0v) is 16.1. The van der Waals surface area contributed by atoms with Crippen LogP contribution in [0.1, 0.15) is 36.7 Å². The zero-order chi connectivity index (χ0) is 20.1. The van der Waals surface area contributed by atoms with Gasteiger partial charge in [-0.3, -0.25) is 5.10 Å². The van der Waals surface area contributed by atoms with Gasteiger partial charge in [-0.1, -0.05) is 0 Å². The third kappa shape index (κ3) is 3.08. The molecule has 9 heteroatoms. The van der Waals surface area contributed by atoms with Gasteiger partial charge in [-0.25, -0.2) is 14.4 Å². The summed E-state index contributed by atoms with van der Waals surface area (Å²) in [5.41, 5.74) is 11.1. The van der Waals surface area contributed by atoms with E-state index in [1.807, 2.05) is 49.3 Å². The number of anilines is 2. The van der Waals surface area contributed by atoms with Crippen molar-refractivity contribution in [3.63, 3.8) is 0 Å². The van der Waals surface area contributed by atoms with Crippen LogP contribution in [0.5, 0.6) is 0 Å². The summed E-state index contributed by atoms with van der Waals surface area (Å²) < 4.78 is 13.3. The van der Waals surface area contributed by atoms with Crippen molar-refractivity contribution >= 4 is 22.8 Å². The maximum absolute atomic E-state index is 13.3. The topological polar surface area (TPSA) is 112 Å². The number of alkyl halides is 1. The quantitative estimate of drug-likeness (QED) is 0.480. The average molecular weight is 392 g/mol. The maximum atomic E-state index is 13.3. The first-order valence-corrected chi connectivity index (χ1v) is 9.50. The number of nitrogens with one attached hydrogen (secondary N) is 2. The van der Waals surface area contributed by atoms with Gasteiger partial charge in [0.1, 0.15) is 12.0 Å². The predicted octanol–water partition coefficient (Wildman–Crippen LogP) is 3.35. The van der Waals surface area contributed by atoms with E-state index in [1.165, 1.54) is 0 Å². The Labute approximate surface area is 166 Å². The minimum Gasteiger partial charge on any atom is -0.383 e. The van der Waals surface area contributed by atoms with E-state index < -0.39 is 6.17 Å². The fourth-order valence-corrected chi connectivity index (χ4v) is 3.46. The molecule has 0 radical (unpaired) electrons. The molecule has 8 nitrogen and oxygen atoms in total. The third-order valence-corrected chi connectivity index (χ3v) is 5.54. The second kappa shape index (κ2) is 6.54. The Morgan fingerprint density at radius 2 is 2.10 bits per heavy atom. The van der Waals surface area contributed by atoms with E-state index in [1.54, 1.807) is 6.20 Å². The SMILES string of the molecule is C[C@@H](c1ccc2[nH]ccc2n1)N(C)c1ncc(-c2cc([C@@H]3C[C@@H]3F)[nH]n2)c(N)n1. The molecule has 0 bridgehead atoms. The summed E-state index contributed by atoms with van der Waals surface area (Å²) in [7, 11) is 1.91. The molecule has 0 spiro atoms. The van der Waals surface area contributed by atoms with Crippen LogP contribution in [0.2, 0.25) is 0 Å². The molecule has 0 aliphatic heterocycles. The van der Waals surface area contributed by atoms with Crippen molar-refractivity contribution in [1.82, 2.24) is 30.1 Å². The lowest BCUT2D eigenvalue weighted by Crippen LogP contribution is -2.24. The van der Waals surface area contributed by atoms with Gasteiger partial charge in [-0.15, -0.1) is 0 Å². The molecule has 0 amide bonds. The molecule has 4 aromatic rings. The summed E-state index contributed by atoms with van der Waals surface area (Å²) in [4.78, 5) is 18.7. The molecule has 4 aromatic heterocycles. The van der Waals surface area contributed by atoms with Crippen molar-refractivity contribution in [3.05, 3.63) is 48.0 Å². The van der Waals surface area contributed by atoms with Gasteiger partial charge in [-0.2, -0.15) is 10.1 Å². The number of hydrogen-bond donors (Lipinski definition) is 3. The number of aromatic nitrogens is 6. The molecule has 4 heterocycles. The van der Waals surface area contributed by atoms with Crippen LogP contribution >= 0.6 is 0 Å². The number of fused-ring (bicyclic) bond motifs is 1. The molecule has 148 valence electrons. The minimum atomic E-state index is -0.784. The highest BCUT2D eigenvalue weighted by atomic mass is 19.1. The number of nitrogen functional groups attached to an aromatic ring is 1. The number of halogens is 1. The standard InChI is InChI=1S/C20H21FN8/c1-10(14-3-4-15-16(25-14)5-6-23-15)29(2)20-24-9-12(19(22)26-20)18-8-17(27-28-18)11-7-13(11)21/h3-6,8-11,13,23H,7H2,1-2H3,(H,27,28)(H2,22,24,26)/t10-,11+,13-/m0/s1. The molecule has 1 aliphatic carbocycles. The zero-order valence-electron chi connectivity index (χ0n) is 16.1. The summed E-state index contributed by atoms with van der Waals surface area (Å²) in [5.74, 6) is 0.736. The number of hydrogen-bond acceptors (Lipinski definition) is 6. The van der Waals surface area contributed by atoms with E-state index in [0.29, 0.717) is 29.4 Å². The Bertz CT molecular complexity index is 1180. The lowest BCUT2D eigenvalue weighted by molar-refractivity contribution is 0.466. The molecule has 4 N–H and O–H groups in total. The Kier molecular flexibility index (Phi) is 3.97. The molecule has 29 heavy (non-hydrogen) atoms. The molecule has 1 fully saturated rings. The molecule has 1 saturated carbocycles. The van der Waals surface area contributed by atoms with E-state index >= 15 is 0 Å². The normalized spacial score (nSPS) is 19.4. The Hall–Kier alpha value is -3.49. The molecule has 3 atom stereocenters. The van der Waals surface area contributed by atoms with Crippen molar-refractivity contribution in [2.24, 2.45) is 0 Å². The van der Waals surface area contributed by atoms with Crippen molar-refractivity contribution in [2.75, 3.05) is 17.7 Å². The number of nitrogens with two attached hydrogens (primary N) is 1. The highest BCUT2D eigenvalue weighted by Crippen LogP contribution is 2.43. The lowest BCUT2D eigenvalue weighted by atomic mass is 10.2. The average Bonchev–Trinajstić information content (AvgIpc) is 3.13. The van der Waals surface area contributed by atoms with Crippen LogP contribution in [0.3, 0.4) is 0 Å². The van der Waals surface area contributed by atoms with E-state index in [-0.39, 0.29) is 12.0 Å². The minimum absolute atomic E-state index is 0.0482. The summed E-state index contributed by atoms with van der Waals surface area (Å²) in [6.45, 7) is 2.04. The van der Waals surface area contributed by atoms with Crippen LogP contribution in [-0.2, 0) is 0 Å². The van der Waals surface area contributed by atoms with Gasteiger partial charge < -0.3 is 15.6 Å². The Balaban J connectivity index is 1.39. The Morgan fingerprint density at radius 3 is 2.86 bits per heavy atom. The monoisotopic (exact) mass is 392 g/mol. The summed E-state index contributed by atoms with van der Waals surface area (Å²) in [5, 5.41) is 7.14. The molecule has 0 saturated heterocycles. The van der Waals surface area contributed by atoms with E-state index in [9.17, 15) is 4.39 Å². The van der Waals surface area contributed by atoms with Crippen molar-refractivity contribution in [1.29, 1.82) is 0 Å². The van der Waals surface area contributed by atoms with Crippen LogP contribution < -0.4 is 10.6 Å². The number of aromatic amines is 2. The van der Waals surface area contributed by atoms with Gasteiger partial charge in [-0.05, 0) is 37.6 Å². The summed E-state index contributed by atoms with van der Waals surface area (Å²) >= 11 is 0. The molecular weight excluding hydrogens is 371 g/mol. The second-order valence-electron chi connectivity index (χ2n) is 7.47. The fraction of sp³-hybridized carbons (Fsp3) is 0.300. The number of nitrogens with zero attached hydrogens (tertiary/aromatic N) is 5. The smallest absolute Gasteiger partial charge is 0.227 e. The summed E-state index contributed by atoms with van der Waals surface area (Å²) in [6.07, 6.45) is 3.28. The van der Waals surface area contributed by atoms with Crippen LogP contribution in [-0.4, -0.2) is 43.4 Å². The first kappa shape index (κ1) is 17.6. The molecule has 0 aromatic carbocycles. The Morgan fingerprint density at radius 1 is 1.28 bits per heavy atom. The van der Waals surface area contributed by atoms with Crippen LogP contribution in [0.4, 0.5) is 16.2 Å². The fourth-order valence-electron chi connectivity index (χ4n) is 3.46. The van der Waals surface area contributed by atoms with Crippen molar-refractivity contribution in [3.8, 4) is 11.3 Å². The number of rotatable bonds is 5. The van der Waals surface area contributed by atoms with E-state index in [2.05, 4.69) is 25.1 Å². The number of H-pyrrole nitrogens is 2. The van der Waals surface area contributed by atoms with Crippen LogP contribution in [0.25, 0.3) is 22.3 Å². The van der Waals surface area contributed by atoms with Crippen molar-refractivity contribution < 1.29 is 4.39 Å². The molecule has 1 aliphatic rings. The highest BCUT2D eigenvalue weighted by Gasteiger charge is 2.40. The van der Waals surface area contributed by atoms with E-state index in [4.69, 9.17) is 10.7 Å². The number of pyridine rings is 1. The second-order valence-corrected chi connectivity index (χ2v) is 7.47. The third-order valence-electron chi connectivity index (χ3n) is 5.54. The van der Waals surface area contributed by atoms with E-state index in [0.717, 1.165) is 22.4 Å². The first-order valence-electron chi connectivity index (χ1n) is 9.50. The van der Waals surface area contributed by atoms with Crippen molar-refractivity contribution in [2.45, 2.75) is 31.5 Å². The molecule has 5 rings (SSSR count). The van der Waals surface area contributed by atoms with Crippen LogP contribution in [0.15, 0.2) is 36.7 Å². The molecule has 0 unspecified atom stereocenters. The van der Waals surface area contributed by atoms with Gasteiger partial charge in [0.05, 0.1) is 34.0 Å². The maximum Gasteiger partial charge on any atom is 0.227 e. The lowest BCUT2D eigenvalue weighted by Gasteiger charge is -2.24. The van der Waals surface area contributed by atoms with Gasteiger partial charge in [0.25, 0.3) is 0 Å². The predicted molar refractivity (Wildman–Crippen MR) is 109 cm³/mol.